The van der Waals surface area contributed by atoms with Crippen LogP contribution in [0.2, 0.25) is 5.02 Å². The molecule has 0 amide bonds. The summed E-state index contributed by atoms with van der Waals surface area (Å²) in [6, 6.07) is 0.0728. The van der Waals surface area contributed by atoms with Crippen molar-refractivity contribution in [3.63, 3.8) is 0 Å². The van der Waals surface area contributed by atoms with Gasteiger partial charge in [0.2, 0.25) is 0 Å². The highest BCUT2D eigenvalue weighted by molar-refractivity contribution is 6.30. The molecule has 1 N–H and O–H groups in total. The van der Waals surface area contributed by atoms with Crippen molar-refractivity contribution < 1.29 is 9.90 Å². The number of aliphatic carboxylic acids is 1. The third-order valence-corrected chi connectivity index (χ3v) is 1.99. The molecule has 1 aromatic heterocycles. The minimum atomic E-state index is -0.787. The first kappa shape index (κ1) is 10.1. The molecule has 72 valence electrons. The second-order valence-corrected chi connectivity index (χ2v) is 3.36. The molecule has 0 aliphatic heterocycles. The van der Waals surface area contributed by atoms with Gasteiger partial charge in [0.05, 0.1) is 11.2 Å². The van der Waals surface area contributed by atoms with Crippen molar-refractivity contribution in [2.45, 2.75) is 25.8 Å². The highest BCUT2D eigenvalue weighted by Gasteiger charge is 2.07. The highest BCUT2D eigenvalue weighted by atomic mass is 35.5. The first-order valence-electron chi connectivity index (χ1n) is 4.01. The maximum Gasteiger partial charge on any atom is 0.303 e. The normalized spacial score (nSPS) is 12.8. The van der Waals surface area contributed by atoms with E-state index in [0.29, 0.717) is 11.4 Å². The van der Waals surface area contributed by atoms with Crippen molar-refractivity contribution >= 4 is 17.6 Å². The molecule has 1 atom stereocenters. The quantitative estimate of drug-likeness (QED) is 0.812. The number of carboxylic acids is 1. The maximum absolute atomic E-state index is 10.3. The monoisotopic (exact) mass is 202 g/mol. The van der Waals surface area contributed by atoms with Gasteiger partial charge >= 0.3 is 5.97 Å². The molecule has 0 saturated heterocycles. The molecular formula is C8H11ClN2O2. The lowest BCUT2D eigenvalue weighted by molar-refractivity contribution is -0.137. The lowest BCUT2D eigenvalue weighted by atomic mass is 10.2. The van der Waals surface area contributed by atoms with Crippen LogP contribution in [0, 0.1) is 0 Å². The van der Waals surface area contributed by atoms with Gasteiger partial charge in [-0.1, -0.05) is 11.6 Å². The topological polar surface area (TPSA) is 55.1 Å². The van der Waals surface area contributed by atoms with Gasteiger partial charge < -0.3 is 5.11 Å². The van der Waals surface area contributed by atoms with Crippen molar-refractivity contribution in [2.24, 2.45) is 0 Å². The summed E-state index contributed by atoms with van der Waals surface area (Å²) in [4.78, 5) is 10.3. The average molecular weight is 203 g/mol. The van der Waals surface area contributed by atoms with Gasteiger partial charge in [-0.2, -0.15) is 5.10 Å². The van der Waals surface area contributed by atoms with E-state index in [0.717, 1.165) is 0 Å². The Hall–Kier alpha value is -1.03. The molecule has 4 nitrogen and oxygen atoms in total. The lowest BCUT2D eigenvalue weighted by Crippen LogP contribution is -2.07. The van der Waals surface area contributed by atoms with Gasteiger partial charge in [-0.25, -0.2) is 0 Å². The molecule has 0 bridgehead atoms. The maximum atomic E-state index is 10.3. The molecule has 1 aromatic rings. The molecule has 1 unspecified atom stereocenters. The van der Waals surface area contributed by atoms with Crippen LogP contribution in [0.4, 0.5) is 0 Å². The number of halogens is 1. The van der Waals surface area contributed by atoms with Gasteiger partial charge in [-0.05, 0) is 13.3 Å². The van der Waals surface area contributed by atoms with E-state index < -0.39 is 5.97 Å². The Morgan fingerprint density at radius 2 is 2.54 bits per heavy atom. The van der Waals surface area contributed by atoms with E-state index in [2.05, 4.69) is 5.10 Å². The predicted octanol–water partition coefficient (Wildman–Crippen LogP) is 1.96. The number of hydrogen-bond donors (Lipinski definition) is 1. The zero-order chi connectivity index (χ0) is 9.84. The summed E-state index contributed by atoms with van der Waals surface area (Å²) in [7, 11) is 0. The van der Waals surface area contributed by atoms with E-state index in [-0.39, 0.29) is 12.5 Å². The summed E-state index contributed by atoms with van der Waals surface area (Å²) < 4.78 is 1.67. The smallest absolute Gasteiger partial charge is 0.303 e. The molecule has 0 saturated carbocycles. The minimum absolute atomic E-state index is 0.0728. The molecule has 0 spiro atoms. The Morgan fingerprint density at radius 1 is 1.85 bits per heavy atom. The SMILES string of the molecule is CC(CCC(=O)O)n1cc(Cl)cn1. The Bertz CT molecular complexity index is 298. The van der Waals surface area contributed by atoms with Gasteiger partial charge in [-0.3, -0.25) is 9.48 Å². The third-order valence-electron chi connectivity index (χ3n) is 1.80. The number of carbonyl (C=O) groups is 1. The molecule has 0 aliphatic rings. The van der Waals surface area contributed by atoms with Crippen molar-refractivity contribution in [2.75, 3.05) is 0 Å². The molecule has 0 aromatic carbocycles. The summed E-state index contributed by atoms with van der Waals surface area (Å²) in [5.74, 6) is -0.787. The predicted molar refractivity (Wildman–Crippen MR) is 48.8 cm³/mol. The van der Waals surface area contributed by atoms with E-state index in [1.54, 1.807) is 17.1 Å². The van der Waals surface area contributed by atoms with Crippen LogP contribution in [0.5, 0.6) is 0 Å². The van der Waals surface area contributed by atoms with Gasteiger partial charge in [-0.15, -0.1) is 0 Å². The van der Waals surface area contributed by atoms with Crippen LogP contribution in [0.3, 0.4) is 0 Å². The van der Waals surface area contributed by atoms with E-state index in [9.17, 15) is 4.79 Å². The van der Waals surface area contributed by atoms with E-state index >= 15 is 0 Å². The van der Waals surface area contributed by atoms with Crippen molar-refractivity contribution in [3.8, 4) is 0 Å². The summed E-state index contributed by atoms with van der Waals surface area (Å²) >= 11 is 5.67. The summed E-state index contributed by atoms with van der Waals surface area (Å²) in [5.41, 5.74) is 0. The largest absolute Gasteiger partial charge is 0.481 e. The van der Waals surface area contributed by atoms with Crippen molar-refractivity contribution in [1.29, 1.82) is 0 Å². The Labute approximate surface area is 81.1 Å². The summed E-state index contributed by atoms with van der Waals surface area (Å²) in [6.45, 7) is 1.91. The lowest BCUT2D eigenvalue weighted by Gasteiger charge is -2.09. The highest BCUT2D eigenvalue weighted by Crippen LogP contribution is 2.14. The van der Waals surface area contributed by atoms with Crippen LogP contribution in [0.25, 0.3) is 0 Å². The van der Waals surface area contributed by atoms with Gasteiger partial charge in [0.15, 0.2) is 0 Å². The Balaban J connectivity index is 2.48. The van der Waals surface area contributed by atoms with Crippen LogP contribution in [-0.2, 0) is 4.79 Å². The van der Waals surface area contributed by atoms with Crippen molar-refractivity contribution in [3.05, 3.63) is 17.4 Å². The summed E-state index contributed by atoms with van der Waals surface area (Å²) in [6.07, 6.45) is 3.94. The molecule has 0 fully saturated rings. The number of rotatable bonds is 4. The van der Waals surface area contributed by atoms with Crippen molar-refractivity contribution in [1.82, 2.24) is 9.78 Å². The fraction of sp³-hybridized carbons (Fsp3) is 0.500. The minimum Gasteiger partial charge on any atom is -0.481 e. The molecular weight excluding hydrogens is 192 g/mol. The standard InChI is InChI=1S/C8H11ClN2O2/c1-6(2-3-8(12)13)11-5-7(9)4-10-11/h4-6H,2-3H2,1H3,(H,12,13). The molecule has 1 heterocycles. The Kier molecular flexibility index (Phi) is 3.31. The number of aromatic nitrogens is 2. The van der Waals surface area contributed by atoms with Crippen LogP contribution in [-0.4, -0.2) is 20.9 Å². The van der Waals surface area contributed by atoms with Gasteiger partial charge in [0.1, 0.15) is 0 Å². The summed E-state index contributed by atoms with van der Waals surface area (Å²) in [5, 5.41) is 13.0. The fourth-order valence-corrected chi connectivity index (χ4v) is 1.16. The Morgan fingerprint density at radius 3 is 3.00 bits per heavy atom. The fourth-order valence-electron chi connectivity index (χ4n) is 1.02. The van der Waals surface area contributed by atoms with Crippen LogP contribution < -0.4 is 0 Å². The third kappa shape index (κ3) is 3.06. The zero-order valence-corrected chi connectivity index (χ0v) is 8.03. The van der Waals surface area contributed by atoms with Gasteiger partial charge in [0.25, 0.3) is 0 Å². The van der Waals surface area contributed by atoms with E-state index in [4.69, 9.17) is 16.7 Å². The molecule has 5 heteroatoms. The van der Waals surface area contributed by atoms with Crippen LogP contribution >= 0.6 is 11.6 Å². The van der Waals surface area contributed by atoms with Crippen LogP contribution in [0.1, 0.15) is 25.8 Å². The second-order valence-electron chi connectivity index (χ2n) is 2.92. The zero-order valence-electron chi connectivity index (χ0n) is 7.27. The first-order valence-corrected chi connectivity index (χ1v) is 4.39. The molecule has 0 radical (unpaired) electrons. The molecule has 1 rings (SSSR count). The van der Waals surface area contributed by atoms with Gasteiger partial charge in [0, 0.05) is 18.7 Å². The number of hydrogen-bond acceptors (Lipinski definition) is 2. The number of carboxylic acid groups (broad SMARTS) is 1. The van der Waals surface area contributed by atoms with Crippen LogP contribution in [0.15, 0.2) is 12.4 Å². The van der Waals surface area contributed by atoms with E-state index in [1.807, 2.05) is 6.92 Å². The molecule has 13 heavy (non-hydrogen) atoms. The molecule has 0 aliphatic carbocycles. The second kappa shape index (κ2) is 4.28. The first-order chi connectivity index (χ1) is 6.09. The number of nitrogens with zero attached hydrogens (tertiary/aromatic N) is 2. The van der Waals surface area contributed by atoms with E-state index in [1.165, 1.54) is 0 Å². The average Bonchev–Trinajstić information content (AvgIpc) is 2.47.